The molecular formula is C15H20N2O2. The Labute approximate surface area is 113 Å². The minimum absolute atomic E-state index is 0.276. The van der Waals surface area contributed by atoms with E-state index in [1.807, 2.05) is 18.2 Å². The Morgan fingerprint density at radius 3 is 2.68 bits per heavy atom. The maximum atomic E-state index is 11.9. The molecule has 0 unspecified atom stereocenters. The van der Waals surface area contributed by atoms with Gasteiger partial charge in [0.2, 0.25) is 0 Å². The lowest BCUT2D eigenvalue weighted by molar-refractivity contribution is 0.0391. The summed E-state index contributed by atoms with van der Waals surface area (Å²) >= 11 is 0. The molecule has 0 amide bonds. The van der Waals surface area contributed by atoms with Crippen molar-refractivity contribution in [1.82, 2.24) is 4.90 Å². The highest BCUT2D eigenvalue weighted by Gasteiger charge is 2.22. The number of benzene rings is 1. The summed E-state index contributed by atoms with van der Waals surface area (Å²) in [6.07, 6.45) is 0.639. The second-order valence-electron chi connectivity index (χ2n) is 5.13. The van der Waals surface area contributed by atoms with Crippen LogP contribution in [0.4, 0.5) is 5.69 Å². The zero-order valence-electron chi connectivity index (χ0n) is 11.2. The van der Waals surface area contributed by atoms with Crippen molar-refractivity contribution in [3.05, 3.63) is 29.8 Å². The van der Waals surface area contributed by atoms with Crippen LogP contribution >= 0.6 is 0 Å². The lowest BCUT2D eigenvalue weighted by Gasteiger charge is -2.33. The van der Waals surface area contributed by atoms with Crippen LogP contribution in [0.3, 0.4) is 0 Å². The molecular weight excluding hydrogens is 240 g/mol. The molecule has 0 aromatic heterocycles. The van der Waals surface area contributed by atoms with Crippen LogP contribution in [0.1, 0.15) is 16.8 Å². The van der Waals surface area contributed by atoms with E-state index in [9.17, 15) is 4.79 Å². The van der Waals surface area contributed by atoms with E-state index in [-0.39, 0.29) is 5.78 Å². The van der Waals surface area contributed by atoms with Gasteiger partial charge in [-0.05, 0) is 12.1 Å². The maximum absolute atomic E-state index is 11.9. The van der Waals surface area contributed by atoms with Gasteiger partial charge in [0.1, 0.15) is 0 Å². The van der Waals surface area contributed by atoms with Crippen molar-refractivity contribution in [3.8, 4) is 0 Å². The number of morpholine rings is 1. The summed E-state index contributed by atoms with van der Waals surface area (Å²) in [4.78, 5) is 16.7. The molecule has 1 fully saturated rings. The van der Waals surface area contributed by atoms with E-state index >= 15 is 0 Å². The second-order valence-corrected chi connectivity index (χ2v) is 5.13. The minimum Gasteiger partial charge on any atom is -0.379 e. The standard InChI is InChI=1S/C15H20N2O2/c18-15-5-6-17(14-4-2-1-3-13(14)15)8-7-16-9-11-19-12-10-16/h1-4H,5-12H2. The number of fused-ring (bicyclic) bond motifs is 1. The summed E-state index contributed by atoms with van der Waals surface area (Å²) < 4.78 is 5.36. The predicted molar refractivity (Wildman–Crippen MR) is 74.9 cm³/mol. The van der Waals surface area contributed by atoms with Crippen molar-refractivity contribution >= 4 is 11.5 Å². The van der Waals surface area contributed by atoms with Crippen LogP contribution < -0.4 is 4.90 Å². The third-order valence-electron chi connectivity index (χ3n) is 3.94. The zero-order valence-corrected chi connectivity index (χ0v) is 11.2. The predicted octanol–water partition coefficient (Wildman–Crippen LogP) is 1.41. The van der Waals surface area contributed by atoms with Gasteiger partial charge in [0, 0.05) is 50.4 Å². The highest BCUT2D eigenvalue weighted by Crippen LogP contribution is 2.26. The maximum Gasteiger partial charge on any atom is 0.166 e. The minimum atomic E-state index is 0.276. The van der Waals surface area contributed by atoms with E-state index in [2.05, 4.69) is 15.9 Å². The van der Waals surface area contributed by atoms with Crippen LogP contribution in [-0.4, -0.2) is 56.6 Å². The first-order valence-electron chi connectivity index (χ1n) is 7.02. The number of ether oxygens (including phenoxy) is 1. The average Bonchev–Trinajstić information content (AvgIpc) is 2.48. The van der Waals surface area contributed by atoms with Gasteiger partial charge < -0.3 is 9.64 Å². The van der Waals surface area contributed by atoms with E-state index in [0.29, 0.717) is 6.42 Å². The number of carbonyl (C=O) groups excluding carboxylic acids is 1. The first-order chi connectivity index (χ1) is 9.34. The van der Waals surface area contributed by atoms with Crippen molar-refractivity contribution < 1.29 is 9.53 Å². The van der Waals surface area contributed by atoms with Crippen LogP contribution in [0.25, 0.3) is 0 Å². The summed E-state index contributed by atoms with van der Waals surface area (Å²) in [5, 5.41) is 0. The van der Waals surface area contributed by atoms with Crippen molar-refractivity contribution in [3.63, 3.8) is 0 Å². The largest absolute Gasteiger partial charge is 0.379 e. The molecule has 4 heteroatoms. The SMILES string of the molecule is O=C1CCN(CCN2CCOCC2)c2ccccc21. The van der Waals surface area contributed by atoms with Crippen molar-refractivity contribution in [2.45, 2.75) is 6.42 Å². The molecule has 2 aliphatic heterocycles. The topological polar surface area (TPSA) is 32.8 Å². The molecule has 3 rings (SSSR count). The fraction of sp³-hybridized carbons (Fsp3) is 0.533. The molecule has 1 aromatic carbocycles. The fourth-order valence-electron chi connectivity index (χ4n) is 2.80. The molecule has 0 aliphatic carbocycles. The van der Waals surface area contributed by atoms with Crippen molar-refractivity contribution in [1.29, 1.82) is 0 Å². The Bertz CT molecular complexity index is 455. The van der Waals surface area contributed by atoms with Gasteiger partial charge in [-0.15, -0.1) is 0 Å². The summed E-state index contributed by atoms with van der Waals surface area (Å²) in [5.41, 5.74) is 1.99. The van der Waals surface area contributed by atoms with E-state index in [1.165, 1.54) is 0 Å². The molecule has 0 bridgehead atoms. The Morgan fingerprint density at radius 1 is 1.05 bits per heavy atom. The zero-order chi connectivity index (χ0) is 13.1. The number of rotatable bonds is 3. The van der Waals surface area contributed by atoms with Gasteiger partial charge in [-0.1, -0.05) is 12.1 Å². The van der Waals surface area contributed by atoms with Crippen LogP contribution in [0.2, 0.25) is 0 Å². The second kappa shape index (κ2) is 5.72. The van der Waals surface area contributed by atoms with Gasteiger partial charge in [0.05, 0.1) is 13.2 Å². The first-order valence-corrected chi connectivity index (χ1v) is 7.02. The molecule has 0 saturated carbocycles. The Hall–Kier alpha value is -1.39. The smallest absolute Gasteiger partial charge is 0.166 e. The van der Waals surface area contributed by atoms with E-state index in [4.69, 9.17) is 4.74 Å². The van der Waals surface area contributed by atoms with Crippen LogP contribution in [0, 0.1) is 0 Å². The summed E-state index contributed by atoms with van der Waals surface area (Å²) in [6.45, 7) is 6.61. The fourth-order valence-corrected chi connectivity index (χ4v) is 2.80. The molecule has 19 heavy (non-hydrogen) atoms. The Morgan fingerprint density at radius 2 is 1.84 bits per heavy atom. The van der Waals surface area contributed by atoms with Gasteiger partial charge >= 0.3 is 0 Å². The molecule has 102 valence electrons. The third kappa shape index (κ3) is 2.80. The molecule has 1 saturated heterocycles. The number of para-hydroxylation sites is 1. The number of Topliss-reactive ketones (excluding diaryl/α,β-unsaturated/α-hetero) is 1. The van der Waals surface area contributed by atoms with Crippen molar-refractivity contribution in [2.75, 3.05) is 50.8 Å². The lowest BCUT2D eigenvalue weighted by atomic mass is 10.0. The van der Waals surface area contributed by atoms with Gasteiger partial charge in [0.15, 0.2) is 5.78 Å². The summed E-state index contributed by atoms with van der Waals surface area (Å²) in [6, 6.07) is 7.96. The molecule has 0 radical (unpaired) electrons. The quantitative estimate of drug-likeness (QED) is 0.822. The average molecular weight is 260 g/mol. The Balaban J connectivity index is 1.65. The van der Waals surface area contributed by atoms with Gasteiger partial charge in [-0.25, -0.2) is 0 Å². The molecule has 0 spiro atoms. The molecule has 2 aliphatic rings. The number of anilines is 1. The first kappa shape index (κ1) is 12.6. The number of carbonyl (C=O) groups is 1. The van der Waals surface area contributed by atoms with Crippen molar-refractivity contribution in [2.24, 2.45) is 0 Å². The Kier molecular flexibility index (Phi) is 3.80. The van der Waals surface area contributed by atoms with Crippen LogP contribution in [-0.2, 0) is 4.74 Å². The van der Waals surface area contributed by atoms with E-state index < -0.39 is 0 Å². The molecule has 2 heterocycles. The van der Waals surface area contributed by atoms with Gasteiger partial charge in [0.25, 0.3) is 0 Å². The summed E-state index contributed by atoms with van der Waals surface area (Å²) in [7, 11) is 0. The number of ketones is 1. The number of hydrogen-bond donors (Lipinski definition) is 0. The van der Waals surface area contributed by atoms with Gasteiger partial charge in [-0.2, -0.15) is 0 Å². The lowest BCUT2D eigenvalue weighted by Crippen LogP contribution is -2.43. The molecule has 0 N–H and O–H groups in total. The van der Waals surface area contributed by atoms with Crippen LogP contribution in [0.5, 0.6) is 0 Å². The van der Waals surface area contributed by atoms with E-state index in [1.54, 1.807) is 0 Å². The normalized spacial score (nSPS) is 20.4. The molecule has 4 nitrogen and oxygen atoms in total. The highest BCUT2D eigenvalue weighted by atomic mass is 16.5. The van der Waals surface area contributed by atoms with E-state index in [0.717, 1.165) is 57.2 Å². The monoisotopic (exact) mass is 260 g/mol. The highest BCUT2D eigenvalue weighted by molar-refractivity contribution is 6.03. The van der Waals surface area contributed by atoms with Gasteiger partial charge in [-0.3, -0.25) is 9.69 Å². The molecule has 1 aromatic rings. The third-order valence-corrected chi connectivity index (χ3v) is 3.94. The number of hydrogen-bond acceptors (Lipinski definition) is 4. The molecule has 0 atom stereocenters. The summed E-state index contributed by atoms with van der Waals surface area (Å²) in [5.74, 6) is 0.276. The number of nitrogens with zero attached hydrogens (tertiary/aromatic N) is 2. The van der Waals surface area contributed by atoms with Crippen LogP contribution in [0.15, 0.2) is 24.3 Å².